The molecule has 1 unspecified atom stereocenters. The second-order valence-electron chi connectivity index (χ2n) is 6.33. The normalized spacial score (nSPS) is 21.2. The summed E-state index contributed by atoms with van der Waals surface area (Å²) in [6.07, 6.45) is 1.99. The van der Waals surface area contributed by atoms with Crippen molar-refractivity contribution in [2.75, 3.05) is 11.5 Å². The molecular weight excluding hydrogens is 420 g/mol. The Kier molecular flexibility index (Phi) is 6.84. The van der Waals surface area contributed by atoms with Crippen LogP contribution in [-0.2, 0) is 25.6 Å². The average Bonchev–Trinajstić information content (AvgIpc) is 3.17. The maximum Gasteiger partial charge on any atom is 0.353 e. The minimum atomic E-state index is -1.29. The van der Waals surface area contributed by atoms with Crippen LogP contribution in [0.2, 0.25) is 0 Å². The second kappa shape index (κ2) is 9.15. The van der Waals surface area contributed by atoms with Crippen molar-refractivity contribution in [3.05, 3.63) is 33.7 Å². The molecule has 3 rings (SSSR count). The number of carbonyl (C=O) groups is 4. The van der Waals surface area contributed by atoms with Crippen molar-refractivity contribution in [2.24, 2.45) is 0 Å². The highest BCUT2D eigenvalue weighted by molar-refractivity contribution is 8.14. The van der Waals surface area contributed by atoms with E-state index in [9.17, 15) is 24.3 Å². The summed E-state index contributed by atoms with van der Waals surface area (Å²) < 4.78 is 0. The number of carboxylic acids is 1. The monoisotopic (exact) mass is 440 g/mol. The molecular formula is C18H20N2O5S3. The molecule has 10 heteroatoms. The molecule has 150 valence electrons. The van der Waals surface area contributed by atoms with Crippen LogP contribution in [0.3, 0.4) is 0 Å². The highest BCUT2D eigenvalue weighted by Gasteiger charge is 2.54. The minimum absolute atomic E-state index is 0.159. The number of aliphatic carboxylic acids is 1. The quantitative estimate of drug-likeness (QED) is 0.471. The lowest BCUT2D eigenvalue weighted by molar-refractivity contribution is -0.150. The predicted molar refractivity (Wildman–Crippen MR) is 110 cm³/mol. The van der Waals surface area contributed by atoms with Crippen molar-refractivity contribution >= 4 is 57.8 Å². The Bertz CT molecular complexity index is 821. The molecule has 3 heterocycles. The molecule has 2 aliphatic heterocycles. The summed E-state index contributed by atoms with van der Waals surface area (Å²) in [6, 6.07) is 2.92. The molecule has 0 aliphatic carbocycles. The summed E-state index contributed by atoms with van der Waals surface area (Å²) >= 11 is 3.86. The number of thioether (sulfide) groups is 2. The molecule has 2 aliphatic rings. The Balaban J connectivity index is 1.69. The van der Waals surface area contributed by atoms with Gasteiger partial charge in [0.05, 0.1) is 6.42 Å². The van der Waals surface area contributed by atoms with E-state index >= 15 is 0 Å². The van der Waals surface area contributed by atoms with Crippen LogP contribution in [0.15, 0.2) is 28.8 Å². The number of rotatable bonds is 8. The molecule has 0 bridgehead atoms. The Morgan fingerprint density at radius 3 is 2.82 bits per heavy atom. The number of nitrogens with zero attached hydrogens (tertiary/aromatic N) is 1. The minimum Gasteiger partial charge on any atom is -0.477 e. The number of hydrogen-bond donors (Lipinski definition) is 2. The lowest BCUT2D eigenvalue weighted by Crippen LogP contribution is -2.70. The second-order valence-corrected chi connectivity index (χ2v) is 9.54. The number of β-lactam (4-membered cyclic amide) rings is 1. The van der Waals surface area contributed by atoms with Gasteiger partial charge in [-0.05, 0) is 17.9 Å². The summed E-state index contributed by atoms with van der Waals surface area (Å²) in [6.45, 7) is 2.01. The Labute approximate surface area is 174 Å². The van der Waals surface area contributed by atoms with Crippen LogP contribution in [0.5, 0.6) is 0 Å². The molecule has 0 aromatic carbocycles. The number of fused-ring (bicyclic) bond motifs is 1. The first kappa shape index (κ1) is 20.9. The molecule has 0 radical (unpaired) electrons. The highest BCUT2D eigenvalue weighted by atomic mass is 32.2. The molecule has 7 nitrogen and oxygen atoms in total. The maximum atomic E-state index is 12.6. The van der Waals surface area contributed by atoms with Crippen LogP contribution in [-0.4, -0.2) is 55.8 Å². The zero-order valence-corrected chi connectivity index (χ0v) is 17.6. The highest BCUT2D eigenvalue weighted by Crippen LogP contribution is 2.41. The van der Waals surface area contributed by atoms with E-state index in [-0.39, 0.29) is 34.5 Å². The van der Waals surface area contributed by atoms with Gasteiger partial charge in [-0.15, -0.1) is 23.1 Å². The molecule has 28 heavy (non-hydrogen) atoms. The van der Waals surface area contributed by atoms with Gasteiger partial charge in [-0.3, -0.25) is 19.3 Å². The molecule has 2 N–H and O–H groups in total. The fraction of sp³-hybridized carbons (Fsp3) is 0.444. The Morgan fingerprint density at radius 2 is 2.18 bits per heavy atom. The van der Waals surface area contributed by atoms with E-state index in [2.05, 4.69) is 5.32 Å². The van der Waals surface area contributed by atoms with Crippen molar-refractivity contribution in [1.82, 2.24) is 10.2 Å². The molecule has 1 fully saturated rings. The first-order valence-electron chi connectivity index (χ1n) is 8.84. The molecule has 2 atom stereocenters. The van der Waals surface area contributed by atoms with Gasteiger partial charge in [-0.25, -0.2) is 4.79 Å². The topological polar surface area (TPSA) is 104 Å². The van der Waals surface area contributed by atoms with Gasteiger partial charge in [0.15, 0.2) is 0 Å². The van der Waals surface area contributed by atoms with Gasteiger partial charge in [0.1, 0.15) is 17.1 Å². The van der Waals surface area contributed by atoms with Gasteiger partial charge in [0.2, 0.25) is 11.0 Å². The summed E-state index contributed by atoms with van der Waals surface area (Å²) in [5, 5.41) is 13.4. The van der Waals surface area contributed by atoms with Gasteiger partial charge in [-0.1, -0.05) is 31.2 Å². The van der Waals surface area contributed by atoms with E-state index < -0.39 is 23.3 Å². The Morgan fingerprint density at radius 1 is 1.39 bits per heavy atom. The fourth-order valence-corrected chi connectivity index (χ4v) is 6.06. The summed E-state index contributed by atoms with van der Waals surface area (Å²) in [7, 11) is 0. The zero-order chi connectivity index (χ0) is 20.3. The number of nitrogens with one attached hydrogen (secondary N) is 1. The van der Waals surface area contributed by atoms with E-state index in [0.717, 1.165) is 34.4 Å². The van der Waals surface area contributed by atoms with Crippen molar-refractivity contribution < 1.29 is 24.3 Å². The van der Waals surface area contributed by atoms with E-state index in [1.54, 1.807) is 0 Å². The van der Waals surface area contributed by atoms with Gasteiger partial charge < -0.3 is 10.4 Å². The number of thiophene rings is 1. The van der Waals surface area contributed by atoms with Crippen molar-refractivity contribution in [1.29, 1.82) is 0 Å². The number of hydrogen-bond acceptors (Lipinski definition) is 7. The standard InChI is InChI=1S/C18H20N2O5S3/c1-2-3-6-27-18(25)11-9-28-16-13(15(22)20(16)14(11)17(23)24)19-12(21)8-10-5-4-7-26-10/h4-5,7,13,16H,2-3,6,8-9H2,1H3,(H,19,21)(H,23,24)/t13?,16-/m1/s1. The zero-order valence-electron chi connectivity index (χ0n) is 15.2. The lowest BCUT2D eigenvalue weighted by atomic mass is 10.0. The summed E-state index contributed by atoms with van der Waals surface area (Å²) in [4.78, 5) is 51.0. The van der Waals surface area contributed by atoms with Crippen LogP contribution < -0.4 is 5.32 Å². The number of carboxylic acid groups (broad SMARTS) is 1. The summed E-state index contributed by atoms with van der Waals surface area (Å²) in [5.74, 6) is -1.22. The van der Waals surface area contributed by atoms with Gasteiger partial charge in [-0.2, -0.15) is 0 Å². The largest absolute Gasteiger partial charge is 0.477 e. The van der Waals surface area contributed by atoms with Gasteiger partial charge in [0, 0.05) is 22.0 Å². The third-order valence-electron chi connectivity index (χ3n) is 4.38. The van der Waals surface area contributed by atoms with Crippen LogP contribution >= 0.6 is 34.9 Å². The Hall–Kier alpha value is -1.78. The lowest BCUT2D eigenvalue weighted by Gasteiger charge is -2.49. The molecule has 1 aromatic rings. The molecule has 1 saturated heterocycles. The first-order chi connectivity index (χ1) is 13.4. The van der Waals surface area contributed by atoms with Crippen LogP contribution in [0.25, 0.3) is 0 Å². The molecule has 0 spiro atoms. The molecule has 0 saturated carbocycles. The van der Waals surface area contributed by atoms with Crippen molar-refractivity contribution in [3.8, 4) is 0 Å². The van der Waals surface area contributed by atoms with Crippen molar-refractivity contribution in [3.63, 3.8) is 0 Å². The molecule has 1 aromatic heterocycles. The van der Waals surface area contributed by atoms with E-state index in [1.165, 1.54) is 23.1 Å². The smallest absolute Gasteiger partial charge is 0.353 e. The molecule has 2 amide bonds. The summed E-state index contributed by atoms with van der Waals surface area (Å²) in [5.41, 5.74) is -0.0851. The van der Waals surface area contributed by atoms with Gasteiger partial charge in [0.25, 0.3) is 5.91 Å². The third-order valence-corrected chi connectivity index (χ3v) is 7.54. The predicted octanol–water partition coefficient (Wildman–Crippen LogP) is 2.09. The number of amides is 2. The SMILES string of the molecule is CCCCSC(=O)C1=C(C(=O)O)N2C(=O)C(NC(=O)Cc3cccs3)[C@H]2SC1. The fourth-order valence-electron chi connectivity index (χ4n) is 2.97. The average molecular weight is 441 g/mol. The van der Waals surface area contributed by atoms with Crippen LogP contribution in [0.4, 0.5) is 0 Å². The van der Waals surface area contributed by atoms with Gasteiger partial charge >= 0.3 is 5.97 Å². The van der Waals surface area contributed by atoms with Crippen LogP contribution in [0.1, 0.15) is 24.6 Å². The van der Waals surface area contributed by atoms with E-state index in [0.29, 0.717) is 5.75 Å². The van der Waals surface area contributed by atoms with Crippen molar-refractivity contribution in [2.45, 2.75) is 37.6 Å². The van der Waals surface area contributed by atoms with E-state index in [4.69, 9.17) is 0 Å². The first-order valence-corrected chi connectivity index (χ1v) is 11.8. The maximum absolute atomic E-state index is 12.6. The van der Waals surface area contributed by atoms with E-state index in [1.807, 2.05) is 24.4 Å². The number of unbranched alkanes of at least 4 members (excludes halogenated alkanes) is 1. The number of carbonyl (C=O) groups excluding carboxylic acids is 3. The van der Waals surface area contributed by atoms with Crippen LogP contribution in [0, 0.1) is 0 Å². The third kappa shape index (κ3) is 4.28.